The van der Waals surface area contributed by atoms with E-state index in [4.69, 9.17) is 15.2 Å². The van der Waals surface area contributed by atoms with E-state index in [9.17, 15) is 4.79 Å². The first-order chi connectivity index (χ1) is 11.5. The van der Waals surface area contributed by atoms with Gasteiger partial charge in [-0.3, -0.25) is 4.79 Å². The molecular weight excluding hydrogens is 304 g/mol. The quantitative estimate of drug-likeness (QED) is 0.762. The zero-order valence-electron chi connectivity index (χ0n) is 14.3. The third-order valence-electron chi connectivity index (χ3n) is 3.59. The summed E-state index contributed by atoms with van der Waals surface area (Å²) in [5.41, 5.74) is 7.80. The maximum absolute atomic E-state index is 12.3. The summed E-state index contributed by atoms with van der Waals surface area (Å²) in [4.78, 5) is 12.3. The number of ether oxygens (including phenoxy) is 2. The Morgan fingerprint density at radius 2 is 1.67 bits per heavy atom. The third kappa shape index (κ3) is 4.41. The van der Waals surface area contributed by atoms with Crippen LogP contribution in [0.4, 0.5) is 5.69 Å². The molecule has 2 aromatic carbocycles. The number of carbonyl (C=O) groups excluding carboxylic acids is 1. The molecular formula is C19H24N2O3. The lowest BCUT2D eigenvalue weighted by Crippen LogP contribution is -2.26. The Hall–Kier alpha value is -2.69. The average molecular weight is 328 g/mol. The van der Waals surface area contributed by atoms with Crippen LogP contribution in [-0.2, 0) is 0 Å². The maximum Gasteiger partial charge on any atom is 0.251 e. The van der Waals surface area contributed by atoms with E-state index < -0.39 is 0 Å². The summed E-state index contributed by atoms with van der Waals surface area (Å²) in [5, 5.41) is 2.98. The molecule has 0 bridgehead atoms. The van der Waals surface area contributed by atoms with Gasteiger partial charge in [-0.2, -0.15) is 0 Å². The van der Waals surface area contributed by atoms with Crippen molar-refractivity contribution in [3.05, 3.63) is 53.6 Å². The molecule has 1 unspecified atom stereocenters. The number of benzene rings is 2. The number of hydrogen-bond donors (Lipinski definition) is 2. The first kappa shape index (κ1) is 17.7. The van der Waals surface area contributed by atoms with Crippen LogP contribution in [0.5, 0.6) is 11.5 Å². The van der Waals surface area contributed by atoms with Crippen LogP contribution < -0.4 is 20.5 Å². The molecule has 24 heavy (non-hydrogen) atoms. The molecule has 1 amide bonds. The monoisotopic (exact) mass is 328 g/mol. The van der Waals surface area contributed by atoms with Crippen LogP contribution in [0, 0.1) is 0 Å². The van der Waals surface area contributed by atoms with Gasteiger partial charge in [0.15, 0.2) is 11.5 Å². The van der Waals surface area contributed by atoms with Crippen molar-refractivity contribution in [2.24, 2.45) is 0 Å². The zero-order valence-corrected chi connectivity index (χ0v) is 14.3. The molecule has 0 aromatic heterocycles. The number of nitrogen functional groups attached to an aromatic ring is 1. The zero-order chi connectivity index (χ0) is 17.5. The van der Waals surface area contributed by atoms with Gasteiger partial charge in [0.25, 0.3) is 5.91 Å². The summed E-state index contributed by atoms with van der Waals surface area (Å²) in [5.74, 6) is 1.25. The number of amides is 1. The second-order valence-corrected chi connectivity index (χ2v) is 5.39. The SMILES string of the molecule is CCOc1ccc(C(C)NC(=O)c2ccc(N)cc2)cc1OCC. The van der Waals surface area contributed by atoms with Crippen LogP contribution in [0.15, 0.2) is 42.5 Å². The lowest BCUT2D eigenvalue weighted by Gasteiger charge is -2.17. The number of anilines is 1. The van der Waals surface area contributed by atoms with Crippen molar-refractivity contribution < 1.29 is 14.3 Å². The Kier molecular flexibility index (Phi) is 6.07. The van der Waals surface area contributed by atoms with Gasteiger partial charge in [0, 0.05) is 11.3 Å². The van der Waals surface area contributed by atoms with Crippen LogP contribution in [-0.4, -0.2) is 19.1 Å². The molecule has 0 aliphatic heterocycles. The molecule has 0 saturated heterocycles. The molecule has 0 radical (unpaired) electrons. The Labute approximate surface area is 142 Å². The molecule has 128 valence electrons. The number of nitrogens with two attached hydrogens (primary N) is 1. The van der Waals surface area contributed by atoms with Crippen LogP contribution in [0.25, 0.3) is 0 Å². The standard InChI is InChI=1S/C19H24N2O3/c1-4-23-17-11-8-15(12-18(17)24-5-2)13(3)21-19(22)14-6-9-16(20)10-7-14/h6-13H,4-5,20H2,1-3H3,(H,21,22). The van der Waals surface area contributed by atoms with Crippen molar-refractivity contribution in [2.45, 2.75) is 26.8 Å². The third-order valence-corrected chi connectivity index (χ3v) is 3.59. The summed E-state index contributed by atoms with van der Waals surface area (Å²) in [7, 11) is 0. The highest BCUT2D eigenvalue weighted by Gasteiger charge is 2.14. The van der Waals surface area contributed by atoms with Crippen molar-refractivity contribution >= 4 is 11.6 Å². The van der Waals surface area contributed by atoms with E-state index >= 15 is 0 Å². The maximum atomic E-state index is 12.3. The van der Waals surface area contributed by atoms with E-state index in [0.717, 1.165) is 5.56 Å². The lowest BCUT2D eigenvalue weighted by molar-refractivity contribution is 0.0940. The first-order valence-corrected chi connectivity index (χ1v) is 8.11. The highest BCUT2D eigenvalue weighted by atomic mass is 16.5. The first-order valence-electron chi connectivity index (χ1n) is 8.11. The van der Waals surface area contributed by atoms with Gasteiger partial charge in [0.1, 0.15) is 0 Å². The highest BCUT2D eigenvalue weighted by Crippen LogP contribution is 2.30. The number of hydrogen-bond acceptors (Lipinski definition) is 4. The summed E-state index contributed by atoms with van der Waals surface area (Å²) in [6.45, 7) is 6.91. The molecule has 0 aliphatic rings. The second kappa shape index (κ2) is 8.24. The Morgan fingerprint density at radius 3 is 2.29 bits per heavy atom. The smallest absolute Gasteiger partial charge is 0.251 e. The molecule has 3 N–H and O–H groups in total. The molecule has 0 fully saturated rings. The number of carbonyl (C=O) groups is 1. The fourth-order valence-electron chi connectivity index (χ4n) is 2.33. The van der Waals surface area contributed by atoms with Gasteiger partial charge in [-0.05, 0) is 62.7 Å². The molecule has 2 aromatic rings. The van der Waals surface area contributed by atoms with E-state index in [0.29, 0.717) is 36.0 Å². The molecule has 0 aliphatic carbocycles. The lowest BCUT2D eigenvalue weighted by atomic mass is 10.1. The molecule has 5 heteroatoms. The summed E-state index contributed by atoms with van der Waals surface area (Å²) >= 11 is 0. The summed E-state index contributed by atoms with van der Waals surface area (Å²) in [6.07, 6.45) is 0. The minimum absolute atomic E-state index is 0.144. The van der Waals surface area contributed by atoms with E-state index in [1.165, 1.54) is 0 Å². The fraction of sp³-hybridized carbons (Fsp3) is 0.316. The van der Waals surface area contributed by atoms with E-state index in [1.54, 1.807) is 24.3 Å². The minimum atomic E-state index is -0.162. The van der Waals surface area contributed by atoms with E-state index in [1.807, 2.05) is 39.0 Å². The number of nitrogens with one attached hydrogen (secondary N) is 1. The Bertz CT molecular complexity index is 684. The van der Waals surface area contributed by atoms with Crippen LogP contribution in [0.1, 0.15) is 42.7 Å². The summed E-state index contributed by atoms with van der Waals surface area (Å²) < 4.78 is 11.2. The molecule has 0 spiro atoms. The summed E-state index contributed by atoms with van der Waals surface area (Å²) in [6, 6.07) is 12.4. The highest BCUT2D eigenvalue weighted by molar-refractivity contribution is 5.94. The fourth-order valence-corrected chi connectivity index (χ4v) is 2.33. The van der Waals surface area contributed by atoms with Gasteiger partial charge in [0.2, 0.25) is 0 Å². The average Bonchev–Trinajstić information content (AvgIpc) is 2.57. The molecule has 2 rings (SSSR count). The normalized spacial score (nSPS) is 11.6. The van der Waals surface area contributed by atoms with Crippen molar-refractivity contribution in [3.8, 4) is 11.5 Å². The van der Waals surface area contributed by atoms with Crippen LogP contribution >= 0.6 is 0 Å². The van der Waals surface area contributed by atoms with E-state index in [-0.39, 0.29) is 11.9 Å². The van der Waals surface area contributed by atoms with Crippen molar-refractivity contribution in [2.75, 3.05) is 18.9 Å². The van der Waals surface area contributed by atoms with Crippen LogP contribution in [0.2, 0.25) is 0 Å². The van der Waals surface area contributed by atoms with Gasteiger partial charge in [0.05, 0.1) is 19.3 Å². The van der Waals surface area contributed by atoms with Gasteiger partial charge in [-0.1, -0.05) is 6.07 Å². The topological polar surface area (TPSA) is 73.6 Å². The molecule has 0 heterocycles. The number of rotatable bonds is 7. The molecule has 5 nitrogen and oxygen atoms in total. The van der Waals surface area contributed by atoms with Gasteiger partial charge < -0.3 is 20.5 Å². The van der Waals surface area contributed by atoms with Gasteiger partial charge in [-0.25, -0.2) is 0 Å². The van der Waals surface area contributed by atoms with E-state index in [2.05, 4.69) is 5.32 Å². The minimum Gasteiger partial charge on any atom is -0.490 e. The van der Waals surface area contributed by atoms with Gasteiger partial charge >= 0.3 is 0 Å². The predicted octanol–water partition coefficient (Wildman–Crippen LogP) is 3.56. The Balaban J connectivity index is 2.13. The second-order valence-electron chi connectivity index (χ2n) is 5.39. The van der Waals surface area contributed by atoms with Crippen molar-refractivity contribution in [1.82, 2.24) is 5.32 Å². The predicted molar refractivity (Wildman–Crippen MR) is 95.5 cm³/mol. The van der Waals surface area contributed by atoms with Gasteiger partial charge in [-0.15, -0.1) is 0 Å². The van der Waals surface area contributed by atoms with Crippen molar-refractivity contribution in [3.63, 3.8) is 0 Å². The van der Waals surface area contributed by atoms with Crippen molar-refractivity contribution in [1.29, 1.82) is 0 Å². The molecule has 0 saturated carbocycles. The largest absolute Gasteiger partial charge is 0.490 e. The Morgan fingerprint density at radius 1 is 1.04 bits per heavy atom. The molecule has 1 atom stereocenters. The van der Waals surface area contributed by atoms with Crippen LogP contribution in [0.3, 0.4) is 0 Å².